The summed E-state index contributed by atoms with van der Waals surface area (Å²) in [6, 6.07) is 5.91. The van der Waals surface area contributed by atoms with E-state index in [1.807, 2.05) is 0 Å². The third-order valence-electron chi connectivity index (χ3n) is 5.65. The number of hydrogen-bond donors (Lipinski definition) is 1. The van der Waals surface area contributed by atoms with Crippen molar-refractivity contribution in [3.8, 4) is 0 Å². The summed E-state index contributed by atoms with van der Waals surface area (Å²) in [6.07, 6.45) is 18.4. The van der Waals surface area contributed by atoms with Crippen molar-refractivity contribution < 1.29 is 14.8 Å². The first-order valence-electron chi connectivity index (χ1n) is 11.5. The molecule has 0 heterocycles. The number of carboxylic acid groups (broad SMARTS) is 1. The van der Waals surface area contributed by atoms with Gasteiger partial charge in [0.1, 0.15) is 0 Å². The number of nitro groups is 1. The lowest BCUT2D eigenvalue weighted by Crippen LogP contribution is -2.11. The number of aliphatic carboxylic acids is 1. The van der Waals surface area contributed by atoms with Crippen molar-refractivity contribution in [3.63, 3.8) is 0 Å². The molecule has 0 unspecified atom stereocenters. The van der Waals surface area contributed by atoms with Gasteiger partial charge in [-0.3, -0.25) is 14.9 Å². The minimum Gasteiger partial charge on any atom is -0.481 e. The van der Waals surface area contributed by atoms with Crippen LogP contribution in [0.25, 0.3) is 0 Å². The summed E-state index contributed by atoms with van der Waals surface area (Å²) in [5, 5.41) is 20.2. The van der Waals surface area contributed by atoms with E-state index >= 15 is 0 Å². The van der Waals surface area contributed by atoms with Crippen molar-refractivity contribution in [1.82, 2.24) is 0 Å². The average molecular weight is 406 g/mol. The van der Waals surface area contributed by atoms with Gasteiger partial charge in [-0.1, -0.05) is 109 Å². The second-order valence-electron chi connectivity index (χ2n) is 8.12. The summed E-state index contributed by atoms with van der Waals surface area (Å²) in [5.74, 6) is -1.43. The Bertz CT molecular complexity index is 571. The van der Waals surface area contributed by atoms with Gasteiger partial charge in [-0.25, -0.2) is 0 Å². The Kier molecular flexibility index (Phi) is 13.8. The highest BCUT2D eigenvalue weighted by Gasteiger charge is 2.20. The molecule has 0 aromatic heterocycles. The van der Waals surface area contributed by atoms with Gasteiger partial charge in [0, 0.05) is 12.1 Å². The fourth-order valence-electron chi connectivity index (χ4n) is 3.80. The molecule has 29 heavy (non-hydrogen) atoms. The number of carbonyl (C=O) groups is 1. The lowest BCUT2D eigenvalue weighted by molar-refractivity contribution is -0.384. The predicted molar refractivity (Wildman–Crippen MR) is 118 cm³/mol. The van der Waals surface area contributed by atoms with Gasteiger partial charge in [-0.15, -0.1) is 0 Å². The van der Waals surface area contributed by atoms with E-state index in [1.165, 1.54) is 82.8 Å². The highest BCUT2D eigenvalue weighted by Crippen LogP contribution is 2.25. The van der Waals surface area contributed by atoms with Crippen molar-refractivity contribution in [1.29, 1.82) is 0 Å². The van der Waals surface area contributed by atoms with E-state index in [2.05, 4.69) is 6.92 Å². The lowest BCUT2D eigenvalue weighted by Gasteiger charge is -2.12. The van der Waals surface area contributed by atoms with Gasteiger partial charge in [0.15, 0.2) is 0 Å². The quantitative estimate of drug-likeness (QED) is 0.155. The Hall–Kier alpha value is -1.91. The van der Waals surface area contributed by atoms with Crippen LogP contribution in [-0.4, -0.2) is 16.0 Å². The number of nitro benzene ring substituents is 1. The van der Waals surface area contributed by atoms with E-state index in [1.54, 1.807) is 12.1 Å². The van der Waals surface area contributed by atoms with Crippen LogP contribution in [0.2, 0.25) is 0 Å². The molecule has 5 nitrogen and oxygen atoms in total. The largest absolute Gasteiger partial charge is 0.481 e. The molecule has 0 radical (unpaired) electrons. The van der Waals surface area contributed by atoms with Crippen molar-refractivity contribution in [3.05, 3.63) is 39.9 Å². The third-order valence-corrected chi connectivity index (χ3v) is 5.65. The number of hydrogen-bond acceptors (Lipinski definition) is 3. The Morgan fingerprint density at radius 2 is 1.24 bits per heavy atom. The van der Waals surface area contributed by atoms with Gasteiger partial charge in [0.2, 0.25) is 0 Å². The Morgan fingerprint density at radius 3 is 1.62 bits per heavy atom. The molecule has 5 heteroatoms. The molecule has 0 amide bonds. The van der Waals surface area contributed by atoms with Crippen molar-refractivity contribution >= 4 is 11.7 Å². The standard InChI is InChI=1S/C24H39NO4/c1-2-3-4-5-6-7-8-9-10-11-12-13-14-15-16-23(24(26)27)21-17-19-22(20-18-21)25(28)29/h17-20,23H,2-16H2,1H3,(H,26,27)/t23-/m0/s1. The maximum atomic E-state index is 11.5. The van der Waals surface area contributed by atoms with Crippen LogP contribution in [0.1, 0.15) is 115 Å². The summed E-state index contributed by atoms with van der Waals surface area (Å²) in [6.45, 7) is 2.25. The van der Waals surface area contributed by atoms with Crippen LogP contribution in [0.3, 0.4) is 0 Å². The highest BCUT2D eigenvalue weighted by atomic mass is 16.6. The SMILES string of the molecule is CCCCCCCCCCCCCCCC[C@H](C(=O)O)c1ccc([N+](=O)[O-])cc1. The van der Waals surface area contributed by atoms with E-state index < -0.39 is 16.8 Å². The molecule has 0 spiro atoms. The van der Waals surface area contributed by atoms with E-state index in [0.29, 0.717) is 12.0 Å². The molecule has 0 aliphatic heterocycles. The van der Waals surface area contributed by atoms with E-state index in [4.69, 9.17) is 0 Å². The van der Waals surface area contributed by atoms with Gasteiger partial charge < -0.3 is 5.11 Å². The molecule has 1 aromatic rings. The fourth-order valence-corrected chi connectivity index (χ4v) is 3.80. The molecule has 0 aliphatic rings. The van der Waals surface area contributed by atoms with Crippen LogP contribution in [0.15, 0.2) is 24.3 Å². The first-order chi connectivity index (χ1) is 14.1. The first kappa shape index (κ1) is 25.1. The average Bonchev–Trinajstić information content (AvgIpc) is 2.71. The van der Waals surface area contributed by atoms with Crippen LogP contribution in [-0.2, 0) is 4.79 Å². The molecular formula is C24H39NO4. The molecule has 0 aliphatic carbocycles. The van der Waals surface area contributed by atoms with Gasteiger partial charge in [0.05, 0.1) is 10.8 Å². The zero-order chi connectivity index (χ0) is 21.3. The molecule has 0 saturated heterocycles. The van der Waals surface area contributed by atoms with Crippen molar-refractivity contribution in [2.45, 2.75) is 109 Å². The number of benzene rings is 1. The first-order valence-corrected chi connectivity index (χ1v) is 11.5. The van der Waals surface area contributed by atoms with Crippen LogP contribution in [0.5, 0.6) is 0 Å². The zero-order valence-corrected chi connectivity index (χ0v) is 18.1. The second kappa shape index (κ2) is 15.9. The van der Waals surface area contributed by atoms with Crippen molar-refractivity contribution in [2.75, 3.05) is 0 Å². The van der Waals surface area contributed by atoms with Crippen LogP contribution < -0.4 is 0 Å². The van der Waals surface area contributed by atoms with Gasteiger partial charge in [-0.05, 0) is 12.0 Å². The smallest absolute Gasteiger partial charge is 0.310 e. The van der Waals surface area contributed by atoms with Crippen LogP contribution in [0, 0.1) is 10.1 Å². The normalized spacial score (nSPS) is 12.0. The molecule has 0 saturated carbocycles. The molecule has 1 N–H and O–H groups in total. The fraction of sp³-hybridized carbons (Fsp3) is 0.708. The molecule has 1 aromatic carbocycles. The van der Waals surface area contributed by atoms with E-state index in [9.17, 15) is 20.0 Å². The maximum Gasteiger partial charge on any atom is 0.310 e. The maximum absolute atomic E-state index is 11.5. The number of nitrogens with zero attached hydrogens (tertiary/aromatic N) is 1. The van der Waals surface area contributed by atoms with Crippen LogP contribution in [0.4, 0.5) is 5.69 Å². The summed E-state index contributed by atoms with van der Waals surface area (Å²) < 4.78 is 0. The predicted octanol–water partition coefficient (Wildman–Crippen LogP) is 7.63. The van der Waals surface area contributed by atoms with Gasteiger partial charge in [-0.2, -0.15) is 0 Å². The molecule has 1 rings (SSSR count). The van der Waals surface area contributed by atoms with Gasteiger partial charge >= 0.3 is 5.97 Å². The number of unbranched alkanes of at least 4 members (excludes halogenated alkanes) is 13. The highest BCUT2D eigenvalue weighted by molar-refractivity contribution is 5.76. The minimum atomic E-state index is -0.853. The zero-order valence-electron chi connectivity index (χ0n) is 18.1. The summed E-state index contributed by atoms with van der Waals surface area (Å²) >= 11 is 0. The molecule has 0 bridgehead atoms. The lowest BCUT2D eigenvalue weighted by atomic mass is 9.92. The monoisotopic (exact) mass is 405 g/mol. The topological polar surface area (TPSA) is 80.4 Å². The minimum absolute atomic E-state index is 0.00520. The number of carboxylic acids is 1. The third kappa shape index (κ3) is 11.6. The summed E-state index contributed by atoms with van der Waals surface area (Å²) in [7, 11) is 0. The Morgan fingerprint density at radius 1 is 0.828 bits per heavy atom. The molecule has 0 fully saturated rings. The number of non-ortho nitro benzene ring substituents is 1. The van der Waals surface area contributed by atoms with E-state index in [0.717, 1.165) is 19.3 Å². The Balaban J connectivity index is 2.07. The molecule has 1 atom stereocenters. The molecule has 164 valence electrons. The summed E-state index contributed by atoms with van der Waals surface area (Å²) in [4.78, 5) is 21.8. The Labute approximate surface area is 176 Å². The summed E-state index contributed by atoms with van der Waals surface area (Å²) in [5.41, 5.74) is 0.646. The molecular weight excluding hydrogens is 366 g/mol. The number of rotatable bonds is 18. The van der Waals surface area contributed by atoms with Crippen molar-refractivity contribution in [2.24, 2.45) is 0 Å². The van der Waals surface area contributed by atoms with Crippen LogP contribution >= 0.6 is 0 Å². The van der Waals surface area contributed by atoms with Gasteiger partial charge in [0.25, 0.3) is 5.69 Å². The second-order valence-corrected chi connectivity index (χ2v) is 8.12. The van der Waals surface area contributed by atoms with E-state index in [-0.39, 0.29) is 5.69 Å².